The summed E-state index contributed by atoms with van der Waals surface area (Å²) in [6, 6.07) is 53.0. The molecule has 0 saturated carbocycles. The number of benzene rings is 7. The van der Waals surface area contributed by atoms with Crippen molar-refractivity contribution in [3.8, 4) is 0 Å². The number of fused-ring (bicyclic) bond motifs is 9. The number of hydrogen-bond acceptors (Lipinski definition) is 4. The van der Waals surface area contributed by atoms with Gasteiger partial charge in [-0.3, -0.25) is 0 Å². The van der Waals surface area contributed by atoms with Gasteiger partial charge in [-0.1, -0.05) is 165 Å². The van der Waals surface area contributed by atoms with Gasteiger partial charge in [0.1, 0.15) is 0 Å². The maximum atomic E-state index is 2.78. The van der Waals surface area contributed by atoms with Gasteiger partial charge in [-0.05, 0) is 222 Å². The van der Waals surface area contributed by atoms with E-state index < -0.39 is 0 Å². The van der Waals surface area contributed by atoms with Crippen molar-refractivity contribution in [3.63, 3.8) is 0 Å². The van der Waals surface area contributed by atoms with Crippen molar-refractivity contribution in [2.24, 2.45) is 0 Å². The van der Waals surface area contributed by atoms with Crippen LogP contribution in [0.1, 0.15) is 187 Å². The van der Waals surface area contributed by atoms with Crippen LogP contribution in [0.3, 0.4) is 0 Å². The molecule has 1 aromatic heterocycles. The molecule has 7 aromatic carbocycles. The standard InChI is InChI=1S/C73H82BN3S/c1-45-37-52-55(71(11,12)34-31-68(52,5)6)42-59(45)77-60-43-56-54(70(9,10)33-35-72(56,13)14)41-58(60)74-64-51-40-53-57(73(15,16)36-32-69(53,7)8)44-63(51)78-66(64)76(49-29-27-46(28-30-49)67(2,3)4)61-38-50(39-62(77)65(61)74)75(47-23-19-17-20-24-47)48-25-21-18-22-26-48/h17-30,37-44H,31-36H2,1-16H3. The van der Waals surface area contributed by atoms with Crippen LogP contribution in [0.5, 0.6) is 0 Å². The van der Waals surface area contributed by atoms with E-state index in [1.54, 1.807) is 0 Å². The number of anilines is 9. The van der Waals surface area contributed by atoms with Gasteiger partial charge in [-0.25, -0.2) is 0 Å². The monoisotopic (exact) mass is 1040 g/mol. The molecule has 78 heavy (non-hydrogen) atoms. The van der Waals surface area contributed by atoms with Crippen molar-refractivity contribution in [2.75, 3.05) is 14.7 Å². The Hall–Kier alpha value is -6.04. The molecule has 5 aliphatic rings. The van der Waals surface area contributed by atoms with E-state index in [0.29, 0.717) is 0 Å². The lowest BCUT2D eigenvalue weighted by molar-refractivity contribution is 0.331. The molecule has 8 aromatic rings. The lowest BCUT2D eigenvalue weighted by atomic mass is 9.33. The van der Waals surface area contributed by atoms with Gasteiger partial charge in [-0.2, -0.15) is 0 Å². The number of thiophene rings is 1. The number of para-hydroxylation sites is 2. The van der Waals surface area contributed by atoms with E-state index >= 15 is 0 Å². The maximum absolute atomic E-state index is 2.78. The van der Waals surface area contributed by atoms with Gasteiger partial charge in [0.2, 0.25) is 0 Å². The first-order valence-electron chi connectivity index (χ1n) is 29.4. The van der Waals surface area contributed by atoms with Crippen molar-refractivity contribution < 1.29 is 0 Å². The zero-order chi connectivity index (χ0) is 55.0. The largest absolute Gasteiger partial charge is 0.311 e. The Morgan fingerprint density at radius 2 is 0.872 bits per heavy atom. The maximum Gasteiger partial charge on any atom is 0.254 e. The van der Waals surface area contributed by atoms with Gasteiger partial charge in [0.05, 0.1) is 10.7 Å². The number of rotatable bonds is 5. The van der Waals surface area contributed by atoms with Crippen LogP contribution in [0, 0.1) is 6.92 Å². The Bertz CT molecular complexity index is 3710. The molecule has 13 rings (SSSR count). The second-order valence-corrected chi connectivity index (χ2v) is 30.5. The third kappa shape index (κ3) is 7.77. The molecule has 0 saturated heterocycles. The summed E-state index contributed by atoms with van der Waals surface area (Å²) < 4.78 is 1.39. The molecule has 0 amide bonds. The molecule has 0 bridgehead atoms. The third-order valence-electron chi connectivity index (χ3n) is 20.3. The van der Waals surface area contributed by atoms with Crippen molar-refractivity contribution >= 4 is 95.0 Å². The Morgan fingerprint density at radius 1 is 0.436 bits per heavy atom. The number of aryl methyl sites for hydroxylation is 1. The SMILES string of the molecule is Cc1cc2c(cc1N1c3cc4c(cc3B3c5c1cc(N(c1ccccc1)c1ccccc1)cc5N(c1ccc(C(C)(C)C)cc1)c1sc5cc6c(cc5c13)C(C)(C)CCC6(C)C)C(C)(C)CCC4(C)C)C(C)(C)CCC2(C)C. The summed E-state index contributed by atoms with van der Waals surface area (Å²) in [5.41, 5.74) is 26.1. The summed E-state index contributed by atoms with van der Waals surface area (Å²) in [6.45, 7) is 39.4. The highest BCUT2D eigenvalue weighted by Crippen LogP contribution is 2.57. The fourth-order valence-corrected chi connectivity index (χ4v) is 16.2. The van der Waals surface area contributed by atoms with Gasteiger partial charge < -0.3 is 14.7 Å². The van der Waals surface area contributed by atoms with Crippen LogP contribution in [0.2, 0.25) is 0 Å². The van der Waals surface area contributed by atoms with Gasteiger partial charge in [0.25, 0.3) is 6.71 Å². The predicted molar refractivity (Wildman–Crippen MR) is 340 cm³/mol. The van der Waals surface area contributed by atoms with Crippen molar-refractivity contribution in [3.05, 3.63) is 178 Å². The van der Waals surface area contributed by atoms with Gasteiger partial charge in [-0.15, -0.1) is 11.3 Å². The van der Waals surface area contributed by atoms with Crippen molar-refractivity contribution in [1.82, 2.24) is 0 Å². The van der Waals surface area contributed by atoms with Crippen molar-refractivity contribution in [1.29, 1.82) is 0 Å². The Kier molecular flexibility index (Phi) is 11.2. The normalized spacial score (nSPS) is 19.5. The van der Waals surface area contributed by atoms with E-state index in [9.17, 15) is 0 Å². The number of hydrogen-bond donors (Lipinski definition) is 0. The van der Waals surface area contributed by atoms with Crippen LogP contribution in [0.4, 0.5) is 50.5 Å². The molecule has 0 radical (unpaired) electrons. The molecule has 0 spiro atoms. The minimum absolute atomic E-state index is 0.00738. The van der Waals surface area contributed by atoms with Gasteiger partial charge in [0.15, 0.2) is 0 Å². The first kappa shape index (κ1) is 51.4. The molecule has 398 valence electrons. The molecule has 2 aliphatic heterocycles. The van der Waals surface area contributed by atoms with E-state index in [0.717, 1.165) is 36.3 Å². The Morgan fingerprint density at radius 3 is 1.37 bits per heavy atom. The highest BCUT2D eigenvalue weighted by molar-refractivity contribution is 7.26. The van der Waals surface area contributed by atoms with Gasteiger partial charge >= 0.3 is 0 Å². The fourth-order valence-electron chi connectivity index (χ4n) is 14.9. The minimum atomic E-state index is -0.0248. The summed E-state index contributed by atoms with van der Waals surface area (Å²) in [6.07, 6.45) is 7.03. The summed E-state index contributed by atoms with van der Waals surface area (Å²) in [7, 11) is 0. The van der Waals surface area contributed by atoms with E-state index in [2.05, 4.69) is 259 Å². The molecule has 3 aliphatic carbocycles. The lowest BCUT2D eigenvalue weighted by Gasteiger charge is -2.48. The number of nitrogens with zero attached hydrogens (tertiary/aromatic N) is 3. The zero-order valence-electron chi connectivity index (χ0n) is 49.8. The molecule has 0 atom stereocenters. The van der Waals surface area contributed by atoms with Crippen LogP contribution < -0.4 is 31.1 Å². The summed E-state index contributed by atoms with van der Waals surface area (Å²) >= 11 is 2.02. The van der Waals surface area contributed by atoms with Crippen LogP contribution in [-0.4, -0.2) is 6.71 Å². The first-order chi connectivity index (χ1) is 36.7. The molecule has 0 unspecified atom stereocenters. The lowest BCUT2D eigenvalue weighted by Crippen LogP contribution is -2.61. The molecule has 5 heteroatoms. The molecule has 0 fully saturated rings. The predicted octanol–water partition coefficient (Wildman–Crippen LogP) is 19.1. The molecular formula is C73H82BN3S. The zero-order valence-corrected chi connectivity index (χ0v) is 50.6. The first-order valence-corrected chi connectivity index (χ1v) is 30.2. The smallest absolute Gasteiger partial charge is 0.254 e. The van der Waals surface area contributed by atoms with E-state index in [-0.39, 0.29) is 44.6 Å². The summed E-state index contributed by atoms with van der Waals surface area (Å²) in [5, 5.41) is 2.76. The second kappa shape index (κ2) is 17.0. The summed E-state index contributed by atoms with van der Waals surface area (Å²) in [4.78, 5) is 7.99. The summed E-state index contributed by atoms with van der Waals surface area (Å²) in [5.74, 6) is 0. The highest BCUT2D eigenvalue weighted by atomic mass is 32.1. The Balaban J connectivity index is 1.22. The molecule has 3 heterocycles. The molecule has 0 N–H and O–H groups in total. The fraction of sp³-hybridized carbons (Fsp3) is 0.397. The Labute approximate surface area is 472 Å². The van der Waals surface area contributed by atoms with E-state index in [4.69, 9.17) is 0 Å². The molecule has 3 nitrogen and oxygen atoms in total. The second-order valence-electron chi connectivity index (χ2n) is 29.5. The highest BCUT2D eigenvalue weighted by Gasteiger charge is 2.50. The topological polar surface area (TPSA) is 9.72 Å². The van der Waals surface area contributed by atoms with Crippen LogP contribution in [0.15, 0.2) is 133 Å². The average Bonchev–Trinajstić information content (AvgIpc) is 3.41. The minimum Gasteiger partial charge on any atom is -0.311 e. The van der Waals surface area contributed by atoms with Crippen LogP contribution in [-0.2, 0) is 37.9 Å². The van der Waals surface area contributed by atoms with Crippen LogP contribution in [0.25, 0.3) is 10.1 Å². The van der Waals surface area contributed by atoms with Crippen molar-refractivity contribution in [2.45, 2.75) is 187 Å². The quantitative estimate of drug-likeness (QED) is 0.159. The average molecular weight is 1040 g/mol. The van der Waals surface area contributed by atoms with Crippen LogP contribution >= 0.6 is 11.3 Å². The van der Waals surface area contributed by atoms with E-state index in [1.165, 1.54) is 124 Å². The molecular weight excluding hydrogens is 962 g/mol. The van der Waals surface area contributed by atoms with Gasteiger partial charge in [0, 0.05) is 44.5 Å². The van der Waals surface area contributed by atoms with E-state index in [1.807, 2.05) is 11.3 Å². The third-order valence-corrected chi connectivity index (χ3v) is 21.5.